The highest BCUT2D eigenvalue weighted by molar-refractivity contribution is 6.30. The van der Waals surface area contributed by atoms with E-state index >= 15 is 0 Å². The number of carbonyl (C=O) groups excluding carboxylic acids is 1. The Balaban J connectivity index is 1.99. The van der Waals surface area contributed by atoms with Crippen LogP contribution >= 0.6 is 11.6 Å². The van der Waals surface area contributed by atoms with Crippen LogP contribution in [0.3, 0.4) is 0 Å². The van der Waals surface area contributed by atoms with E-state index in [4.69, 9.17) is 16.3 Å². The average Bonchev–Trinajstić information content (AvgIpc) is 2.80. The Morgan fingerprint density at radius 1 is 1.28 bits per heavy atom. The van der Waals surface area contributed by atoms with Crippen LogP contribution in [0.2, 0.25) is 5.02 Å². The largest absolute Gasteiger partial charge is 0.485 e. The van der Waals surface area contributed by atoms with Crippen LogP contribution in [-0.4, -0.2) is 12.4 Å². The van der Waals surface area contributed by atoms with Gasteiger partial charge in [-0.05, 0) is 49.9 Å². The third-order valence-corrected chi connectivity index (χ3v) is 3.81. The summed E-state index contributed by atoms with van der Waals surface area (Å²) < 4.78 is 5.69. The quantitative estimate of drug-likeness (QED) is 0.820. The van der Waals surface area contributed by atoms with E-state index in [2.05, 4.69) is 0 Å². The number of ketones is 1. The highest BCUT2D eigenvalue weighted by Gasteiger charge is 2.23. The maximum Gasteiger partial charge on any atom is 0.173 e. The lowest BCUT2D eigenvalue weighted by Gasteiger charge is -2.14. The van der Waals surface area contributed by atoms with E-state index in [0.29, 0.717) is 5.02 Å². The Morgan fingerprint density at radius 3 is 2.39 bits per heavy atom. The first kappa shape index (κ1) is 13.4. The third kappa shape index (κ3) is 3.05. The Kier molecular flexibility index (Phi) is 4.28. The number of aryl methyl sites for hydroxylation is 2. The van der Waals surface area contributed by atoms with E-state index in [1.807, 2.05) is 26.0 Å². The average molecular weight is 267 g/mol. The third-order valence-electron chi connectivity index (χ3n) is 3.59. The highest BCUT2D eigenvalue weighted by atomic mass is 35.5. The second kappa shape index (κ2) is 5.75. The number of halogens is 1. The van der Waals surface area contributed by atoms with Crippen LogP contribution < -0.4 is 4.74 Å². The summed E-state index contributed by atoms with van der Waals surface area (Å²) in [5.74, 6) is 1.25. The van der Waals surface area contributed by atoms with Crippen molar-refractivity contribution in [1.29, 1.82) is 0 Å². The zero-order valence-electron chi connectivity index (χ0n) is 11.0. The molecule has 1 fully saturated rings. The summed E-state index contributed by atoms with van der Waals surface area (Å²) in [6.07, 6.45) is 4.41. The summed E-state index contributed by atoms with van der Waals surface area (Å²) in [5, 5.41) is 0.708. The second-order valence-corrected chi connectivity index (χ2v) is 5.54. The van der Waals surface area contributed by atoms with Crippen LogP contribution in [0.25, 0.3) is 0 Å². The summed E-state index contributed by atoms with van der Waals surface area (Å²) >= 11 is 5.97. The van der Waals surface area contributed by atoms with Crippen LogP contribution in [0.1, 0.15) is 36.8 Å². The normalized spacial score (nSPS) is 15.9. The molecular weight excluding hydrogens is 248 g/mol. The van der Waals surface area contributed by atoms with Crippen molar-refractivity contribution in [3.63, 3.8) is 0 Å². The Bertz CT molecular complexity index is 425. The van der Waals surface area contributed by atoms with Gasteiger partial charge in [-0.25, -0.2) is 0 Å². The van der Waals surface area contributed by atoms with Crippen molar-refractivity contribution >= 4 is 17.4 Å². The van der Waals surface area contributed by atoms with Gasteiger partial charge >= 0.3 is 0 Å². The summed E-state index contributed by atoms with van der Waals surface area (Å²) in [6.45, 7) is 4.09. The van der Waals surface area contributed by atoms with Crippen LogP contribution in [0, 0.1) is 19.8 Å². The molecule has 0 unspecified atom stereocenters. The Morgan fingerprint density at radius 2 is 1.83 bits per heavy atom. The van der Waals surface area contributed by atoms with Gasteiger partial charge in [0.15, 0.2) is 5.78 Å². The molecule has 18 heavy (non-hydrogen) atoms. The number of Topliss-reactive ketones (excluding diaryl/α,β-unsaturated/α-hetero) is 1. The fourth-order valence-electron chi connectivity index (χ4n) is 2.63. The van der Waals surface area contributed by atoms with Crippen molar-refractivity contribution in [2.75, 3.05) is 6.61 Å². The zero-order chi connectivity index (χ0) is 13.1. The van der Waals surface area contributed by atoms with Gasteiger partial charge < -0.3 is 4.74 Å². The predicted molar refractivity (Wildman–Crippen MR) is 73.4 cm³/mol. The van der Waals surface area contributed by atoms with Gasteiger partial charge in [0.1, 0.15) is 12.4 Å². The number of rotatable bonds is 4. The lowest BCUT2D eigenvalue weighted by Crippen LogP contribution is -2.19. The van der Waals surface area contributed by atoms with E-state index in [-0.39, 0.29) is 18.3 Å². The maximum absolute atomic E-state index is 12.0. The molecule has 0 radical (unpaired) electrons. The minimum Gasteiger partial charge on any atom is -0.485 e. The fourth-order valence-corrected chi connectivity index (χ4v) is 2.96. The molecule has 0 spiro atoms. The maximum atomic E-state index is 12.0. The molecule has 1 aliphatic rings. The van der Waals surface area contributed by atoms with Crippen molar-refractivity contribution in [3.8, 4) is 5.75 Å². The number of benzene rings is 1. The van der Waals surface area contributed by atoms with Crippen LogP contribution in [0.5, 0.6) is 5.75 Å². The molecule has 2 nitrogen and oxygen atoms in total. The van der Waals surface area contributed by atoms with Crippen LogP contribution in [0.15, 0.2) is 12.1 Å². The standard InChI is InChI=1S/C15H19ClO2/c1-10-7-13(16)8-11(2)15(10)18-9-14(17)12-5-3-4-6-12/h7-8,12H,3-6,9H2,1-2H3. The SMILES string of the molecule is Cc1cc(Cl)cc(C)c1OCC(=O)C1CCCC1. The van der Waals surface area contributed by atoms with Gasteiger partial charge in [0.05, 0.1) is 0 Å². The summed E-state index contributed by atoms with van der Waals surface area (Å²) in [7, 11) is 0. The first-order valence-electron chi connectivity index (χ1n) is 6.50. The second-order valence-electron chi connectivity index (χ2n) is 5.11. The molecule has 0 atom stereocenters. The topological polar surface area (TPSA) is 26.3 Å². The summed E-state index contributed by atoms with van der Waals surface area (Å²) in [6, 6.07) is 3.73. The number of hydrogen-bond acceptors (Lipinski definition) is 2. The molecule has 3 heteroatoms. The predicted octanol–water partition coefficient (Wildman–Crippen LogP) is 4.09. The van der Waals surface area contributed by atoms with Crippen molar-refractivity contribution in [2.24, 2.45) is 5.92 Å². The van der Waals surface area contributed by atoms with E-state index < -0.39 is 0 Å². The number of hydrogen-bond donors (Lipinski definition) is 0. The molecule has 1 aromatic rings. The van der Waals surface area contributed by atoms with E-state index in [1.165, 1.54) is 12.8 Å². The lowest BCUT2D eigenvalue weighted by atomic mass is 10.0. The number of ether oxygens (including phenoxy) is 1. The molecule has 0 heterocycles. The minimum absolute atomic E-state index is 0.188. The molecule has 0 aliphatic heterocycles. The molecule has 98 valence electrons. The molecule has 1 saturated carbocycles. The van der Waals surface area contributed by atoms with Gasteiger partial charge in [-0.15, -0.1) is 0 Å². The van der Waals surface area contributed by atoms with Gasteiger partial charge in [0.25, 0.3) is 0 Å². The van der Waals surface area contributed by atoms with Crippen LogP contribution in [0.4, 0.5) is 0 Å². The molecular formula is C15H19ClO2. The van der Waals surface area contributed by atoms with Crippen molar-refractivity contribution in [1.82, 2.24) is 0 Å². The molecule has 0 amide bonds. The fraction of sp³-hybridized carbons (Fsp3) is 0.533. The molecule has 0 saturated heterocycles. The van der Waals surface area contributed by atoms with Crippen molar-refractivity contribution in [2.45, 2.75) is 39.5 Å². The first-order valence-corrected chi connectivity index (χ1v) is 6.88. The van der Waals surface area contributed by atoms with Crippen molar-refractivity contribution < 1.29 is 9.53 Å². The molecule has 0 bridgehead atoms. The van der Waals surface area contributed by atoms with Crippen molar-refractivity contribution in [3.05, 3.63) is 28.3 Å². The van der Waals surface area contributed by atoms with E-state index in [1.54, 1.807) is 0 Å². The summed E-state index contributed by atoms with van der Waals surface area (Å²) in [5.41, 5.74) is 1.97. The van der Waals surface area contributed by atoms with E-state index in [9.17, 15) is 4.79 Å². The Labute approximate surface area is 113 Å². The van der Waals surface area contributed by atoms with Gasteiger partial charge in [0, 0.05) is 10.9 Å². The van der Waals surface area contributed by atoms with Crippen LogP contribution in [-0.2, 0) is 4.79 Å². The zero-order valence-corrected chi connectivity index (χ0v) is 11.7. The number of carbonyl (C=O) groups is 1. The molecule has 1 aromatic carbocycles. The Hall–Kier alpha value is -1.02. The molecule has 0 aromatic heterocycles. The monoisotopic (exact) mass is 266 g/mol. The van der Waals surface area contributed by atoms with Gasteiger partial charge in [-0.3, -0.25) is 4.79 Å². The smallest absolute Gasteiger partial charge is 0.173 e. The van der Waals surface area contributed by atoms with Gasteiger partial charge in [0.2, 0.25) is 0 Å². The molecule has 2 rings (SSSR count). The molecule has 0 N–H and O–H groups in total. The van der Waals surface area contributed by atoms with Gasteiger partial charge in [-0.2, -0.15) is 0 Å². The van der Waals surface area contributed by atoms with Gasteiger partial charge in [-0.1, -0.05) is 24.4 Å². The first-order chi connectivity index (χ1) is 8.58. The highest BCUT2D eigenvalue weighted by Crippen LogP contribution is 2.29. The molecule has 1 aliphatic carbocycles. The minimum atomic E-state index is 0.188. The lowest BCUT2D eigenvalue weighted by molar-refractivity contribution is -0.124. The van der Waals surface area contributed by atoms with E-state index in [0.717, 1.165) is 29.7 Å². The summed E-state index contributed by atoms with van der Waals surface area (Å²) in [4.78, 5) is 12.0.